The standard InChI is InChI=1S/C27H21N5O/c33-27-23-24-26(30-22-14-8-7-13-21(22)29-24)32(17-20-11-5-2-6-12-20)25(23)28-18-31(27)16-15-19-9-3-1-4-10-19/h1-14,18H,15-17H2. The molecule has 0 aliphatic rings. The molecule has 0 radical (unpaired) electrons. The van der Waals surface area contributed by atoms with Gasteiger partial charge < -0.3 is 4.57 Å². The van der Waals surface area contributed by atoms with E-state index in [9.17, 15) is 4.79 Å². The molecule has 0 unspecified atom stereocenters. The zero-order valence-electron chi connectivity index (χ0n) is 17.9. The van der Waals surface area contributed by atoms with Crippen molar-refractivity contribution in [3.8, 4) is 0 Å². The lowest BCUT2D eigenvalue weighted by Crippen LogP contribution is -2.22. The molecular weight excluding hydrogens is 410 g/mol. The van der Waals surface area contributed by atoms with E-state index < -0.39 is 0 Å². The fraction of sp³-hybridized carbons (Fsp3) is 0.111. The smallest absolute Gasteiger partial charge is 0.265 e. The quantitative estimate of drug-likeness (QED) is 0.401. The number of para-hydroxylation sites is 2. The Balaban J connectivity index is 1.55. The van der Waals surface area contributed by atoms with Gasteiger partial charge in [0.15, 0.2) is 11.3 Å². The first-order valence-electron chi connectivity index (χ1n) is 11.0. The van der Waals surface area contributed by atoms with E-state index in [-0.39, 0.29) is 5.56 Å². The maximum absolute atomic E-state index is 13.6. The number of aryl methyl sites for hydroxylation is 2. The van der Waals surface area contributed by atoms with Crippen LogP contribution in [0.3, 0.4) is 0 Å². The first-order valence-corrected chi connectivity index (χ1v) is 11.0. The van der Waals surface area contributed by atoms with Crippen molar-refractivity contribution in [2.45, 2.75) is 19.5 Å². The highest BCUT2D eigenvalue weighted by Crippen LogP contribution is 2.25. The van der Waals surface area contributed by atoms with Crippen molar-refractivity contribution in [3.63, 3.8) is 0 Å². The van der Waals surface area contributed by atoms with Crippen LogP contribution in [-0.2, 0) is 19.5 Å². The van der Waals surface area contributed by atoms with Gasteiger partial charge >= 0.3 is 0 Å². The highest BCUT2D eigenvalue weighted by Gasteiger charge is 2.20. The summed E-state index contributed by atoms with van der Waals surface area (Å²) in [6, 6.07) is 28.0. The van der Waals surface area contributed by atoms with Gasteiger partial charge in [0.1, 0.15) is 10.9 Å². The van der Waals surface area contributed by atoms with Crippen LogP contribution in [0, 0.1) is 0 Å². The first kappa shape index (κ1) is 19.4. The predicted molar refractivity (Wildman–Crippen MR) is 130 cm³/mol. The van der Waals surface area contributed by atoms with Crippen LogP contribution in [0.5, 0.6) is 0 Å². The highest BCUT2D eigenvalue weighted by molar-refractivity contribution is 6.04. The summed E-state index contributed by atoms with van der Waals surface area (Å²) < 4.78 is 3.68. The Bertz CT molecular complexity index is 1650. The lowest BCUT2D eigenvalue weighted by atomic mass is 10.1. The molecule has 3 aromatic heterocycles. The van der Waals surface area contributed by atoms with Crippen LogP contribution in [0.2, 0.25) is 0 Å². The molecule has 0 aliphatic carbocycles. The van der Waals surface area contributed by atoms with E-state index in [0.717, 1.165) is 23.0 Å². The summed E-state index contributed by atoms with van der Waals surface area (Å²) in [6.45, 7) is 1.12. The van der Waals surface area contributed by atoms with Gasteiger partial charge in [0.05, 0.1) is 23.9 Å². The third-order valence-electron chi connectivity index (χ3n) is 5.99. The van der Waals surface area contributed by atoms with E-state index in [1.54, 1.807) is 10.9 Å². The Morgan fingerprint density at radius 2 is 1.33 bits per heavy atom. The second kappa shape index (κ2) is 7.98. The second-order valence-corrected chi connectivity index (χ2v) is 8.13. The van der Waals surface area contributed by atoms with Gasteiger partial charge in [0, 0.05) is 6.54 Å². The molecule has 0 spiro atoms. The molecule has 3 aromatic carbocycles. The molecule has 0 N–H and O–H groups in total. The zero-order chi connectivity index (χ0) is 22.2. The van der Waals surface area contributed by atoms with Gasteiger partial charge in [-0.05, 0) is 29.7 Å². The van der Waals surface area contributed by atoms with Crippen LogP contribution in [0.25, 0.3) is 33.2 Å². The normalized spacial score (nSPS) is 11.5. The van der Waals surface area contributed by atoms with Gasteiger partial charge in [-0.25, -0.2) is 15.0 Å². The summed E-state index contributed by atoms with van der Waals surface area (Å²) >= 11 is 0. The fourth-order valence-electron chi connectivity index (χ4n) is 4.31. The molecule has 6 nitrogen and oxygen atoms in total. The van der Waals surface area contributed by atoms with Gasteiger partial charge in [-0.2, -0.15) is 0 Å². The molecule has 0 saturated heterocycles. The Kier molecular flexibility index (Phi) is 4.69. The van der Waals surface area contributed by atoms with Crippen molar-refractivity contribution in [2.75, 3.05) is 0 Å². The number of benzene rings is 3. The zero-order valence-corrected chi connectivity index (χ0v) is 17.9. The molecule has 0 fully saturated rings. The number of hydrogen-bond donors (Lipinski definition) is 0. The molecule has 0 saturated carbocycles. The monoisotopic (exact) mass is 431 g/mol. The summed E-state index contributed by atoms with van der Waals surface area (Å²) in [7, 11) is 0. The Morgan fingerprint density at radius 1 is 0.697 bits per heavy atom. The van der Waals surface area contributed by atoms with Gasteiger partial charge in [-0.3, -0.25) is 9.36 Å². The fourth-order valence-corrected chi connectivity index (χ4v) is 4.31. The number of aromatic nitrogens is 5. The summed E-state index contributed by atoms with van der Waals surface area (Å²) in [5.74, 6) is 0. The first-order chi connectivity index (χ1) is 16.3. The molecular formula is C27H21N5O. The average molecular weight is 431 g/mol. The van der Waals surface area contributed by atoms with Crippen LogP contribution in [0.15, 0.2) is 96.1 Å². The number of hydrogen-bond acceptors (Lipinski definition) is 4. The Labute approximate surface area is 189 Å². The summed E-state index contributed by atoms with van der Waals surface area (Å²) in [4.78, 5) is 28.1. The van der Waals surface area contributed by atoms with E-state index in [4.69, 9.17) is 15.0 Å². The van der Waals surface area contributed by atoms with Crippen LogP contribution in [-0.4, -0.2) is 24.1 Å². The van der Waals surface area contributed by atoms with Crippen molar-refractivity contribution in [3.05, 3.63) is 113 Å². The summed E-state index contributed by atoms with van der Waals surface area (Å²) in [6.07, 6.45) is 2.40. The van der Waals surface area contributed by atoms with Gasteiger partial charge in [-0.15, -0.1) is 0 Å². The van der Waals surface area contributed by atoms with E-state index in [0.29, 0.717) is 35.3 Å². The number of fused-ring (bicyclic) bond motifs is 4. The molecule has 0 atom stereocenters. The van der Waals surface area contributed by atoms with Crippen molar-refractivity contribution >= 4 is 33.2 Å². The highest BCUT2D eigenvalue weighted by atomic mass is 16.1. The summed E-state index contributed by atoms with van der Waals surface area (Å²) in [5.41, 5.74) is 5.67. The van der Waals surface area contributed by atoms with Gasteiger partial charge in [0.2, 0.25) is 0 Å². The van der Waals surface area contributed by atoms with Gasteiger partial charge in [0.25, 0.3) is 5.56 Å². The third kappa shape index (κ3) is 3.46. The minimum atomic E-state index is -0.0858. The molecule has 3 heterocycles. The Hall–Kier alpha value is -4.32. The van der Waals surface area contributed by atoms with E-state index >= 15 is 0 Å². The van der Waals surface area contributed by atoms with Crippen molar-refractivity contribution in [2.24, 2.45) is 0 Å². The van der Waals surface area contributed by atoms with Gasteiger partial charge in [-0.1, -0.05) is 72.8 Å². The largest absolute Gasteiger partial charge is 0.304 e. The topological polar surface area (TPSA) is 65.6 Å². The molecule has 0 aliphatic heterocycles. The lowest BCUT2D eigenvalue weighted by molar-refractivity contribution is 0.660. The molecule has 33 heavy (non-hydrogen) atoms. The number of nitrogens with zero attached hydrogens (tertiary/aromatic N) is 5. The van der Waals surface area contributed by atoms with Crippen molar-refractivity contribution < 1.29 is 0 Å². The minimum Gasteiger partial charge on any atom is -0.304 e. The van der Waals surface area contributed by atoms with Crippen molar-refractivity contribution in [1.29, 1.82) is 0 Å². The number of rotatable bonds is 5. The molecule has 0 amide bonds. The average Bonchev–Trinajstić information content (AvgIpc) is 3.16. The predicted octanol–water partition coefficient (Wildman–Crippen LogP) is 4.59. The molecule has 6 rings (SSSR count). The van der Waals surface area contributed by atoms with Crippen LogP contribution in [0.1, 0.15) is 11.1 Å². The molecule has 0 bridgehead atoms. The summed E-state index contributed by atoms with van der Waals surface area (Å²) in [5, 5.41) is 0.523. The lowest BCUT2D eigenvalue weighted by Gasteiger charge is -2.08. The van der Waals surface area contributed by atoms with Crippen LogP contribution >= 0.6 is 0 Å². The Morgan fingerprint density at radius 3 is 2.06 bits per heavy atom. The molecule has 160 valence electrons. The maximum atomic E-state index is 13.6. The molecule has 6 aromatic rings. The van der Waals surface area contributed by atoms with Crippen molar-refractivity contribution in [1.82, 2.24) is 24.1 Å². The van der Waals surface area contributed by atoms with E-state index in [2.05, 4.69) is 24.3 Å². The maximum Gasteiger partial charge on any atom is 0.265 e. The van der Waals surface area contributed by atoms with E-state index in [1.807, 2.05) is 65.2 Å². The SMILES string of the molecule is O=c1c2c3nc4ccccc4nc3n(Cc3ccccc3)c2ncn1CCc1ccccc1. The molecule has 6 heteroatoms. The van der Waals surface area contributed by atoms with Crippen LogP contribution in [0.4, 0.5) is 0 Å². The van der Waals surface area contributed by atoms with E-state index in [1.165, 1.54) is 5.56 Å². The van der Waals surface area contributed by atoms with Crippen LogP contribution < -0.4 is 5.56 Å². The minimum absolute atomic E-state index is 0.0858. The second-order valence-electron chi connectivity index (χ2n) is 8.13. The third-order valence-corrected chi connectivity index (χ3v) is 5.99.